The van der Waals surface area contributed by atoms with Crippen LogP contribution in [0.1, 0.15) is 19.8 Å². The molecule has 1 N–H and O–H groups in total. The largest absolute Gasteiger partial charge is 0.352 e. The van der Waals surface area contributed by atoms with Crippen molar-refractivity contribution in [3.63, 3.8) is 0 Å². The Labute approximate surface area is 103 Å². The van der Waals surface area contributed by atoms with Gasteiger partial charge in [0.2, 0.25) is 15.9 Å². The van der Waals surface area contributed by atoms with Gasteiger partial charge in [-0.25, -0.2) is 12.7 Å². The molecule has 1 aliphatic rings. The molecule has 0 aromatic carbocycles. The van der Waals surface area contributed by atoms with Crippen molar-refractivity contribution in [2.75, 3.05) is 25.4 Å². The highest BCUT2D eigenvalue weighted by Crippen LogP contribution is 2.19. The molecular weight excluding hydrogens is 240 g/mol. The maximum Gasteiger partial charge on any atom is 0.224 e. The molecule has 0 spiro atoms. The number of nitrogens with zero attached hydrogens (tertiary/aromatic N) is 1. The van der Waals surface area contributed by atoms with Gasteiger partial charge in [0.1, 0.15) is 0 Å². The van der Waals surface area contributed by atoms with E-state index in [1.807, 2.05) is 0 Å². The molecule has 0 aromatic heterocycles. The summed E-state index contributed by atoms with van der Waals surface area (Å²) in [6.45, 7) is 6.41. The number of piperidine rings is 1. The second kappa shape index (κ2) is 6.16. The summed E-state index contributed by atoms with van der Waals surface area (Å²) in [5, 5.41) is 2.71. The van der Waals surface area contributed by atoms with Crippen molar-refractivity contribution in [3.8, 4) is 0 Å². The van der Waals surface area contributed by atoms with E-state index in [2.05, 4.69) is 11.9 Å². The minimum absolute atomic E-state index is 0.0825. The highest BCUT2D eigenvalue weighted by molar-refractivity contribution is 7.89. The number of nitrogens with one attached hydrogen (secondary N) is 1. The van der Waals surface area contributed by atoms with E-state index in [1.165, 1.54) is 4.31 Å². The first-order valence-corrected chi connectivity index (χ1v) is 7.48. The average Bonchev–Trinajstić information content (AvgIpc) is 2.36. The standard InChI is InChI=1S/C11H20N2O3S/c1-3-7-12-11(14)10-6-5-8-13(9-10)17(15,16)4-2/h3,10H,1,4-9H2,2H3,(H,12,14)/t10-/m1/s1. The first kappa shape index (κ1) is 14.2. The second-order valence-corrected chi connectivity index (χ2v) is 6.39. The predicted octanol–water partition coefficient (Wildman–Crippen LogP) is 0.350. The van der Waals surface area contributed by atoms with Gasteiger partial charge in [-0.3, -0.25) is 4.79 Å². The van der Waals surface area contributed by atoms with Crippen LogP contribution in [0.5, 0.6) is 0 Å². The van der Waals surface area contributed by atoms with E-state index in [4.69, 9.17) is 0 Å². The van der Waals surface area contributed by atoms with Crippen molar-refractivity contribution < 1.29 is 13.2 Å². The van der Waals surface area contributed by atoms with Crippen LogP contribution in [-0.2, 0) is 14.8 Å². The lowest BCUT2D eigenvalue weighted by Crippen LogP contribution is -2.45. The maximum absolute atomic E-state index is 11.7. The fourth-order valence-corrected chi connectivity index (χ4v) is 3.09. The molecule has 6 heteroatoms. The molecule has 0 saturated carbocycles. The highest BCUT2D eigenvalue weighted by atomic mass is 32.2. The van der Waals surface area contributed by atoms with Gasteiger partial charge in [-0.2, -0.15) is 0 Å². The summed E-state index contributed by atoms with van der Waals surface area (Å²) < 4.78 is 24.9. The monoisotopic (exact) mass is 260 g/mol. The van der Waals surface area contributed by atoms with E-state index >= 15 is 0 Å². The molecule has 1 amide bonds. The Hall–Kier alpha value is -0.880. The van der Waals surface area contributed by atoms with Gasteiger partial charge in [-0.05, 0) is 19.8 Å². The Balaban J connectivity index is 2.60. The van der Waals surface area contributed by atoms with Crippen LogP contribution in [0.3, 0.4) is 0 Å². The van der Waals surface area contributed by atoms with Crippen molar-refractivity contribution in [2.45, 2.75) is 19.8 Å². The molecule has 0 radical (unpaired) electrons. The summed E-state index contributed by atoms with van der Waals surface area (Å²) in [4.78, 5) is 11.7. The minimum atomic E-state index is -3.18. The predicted molar refractivity (Wildman–Crippen MR) is 67.0 cm³/mol. The van der Waals surface area contributed by atoms with Gasteiger partial charge in [0, 0.05) is 19.6 Å². The van der Waals surface area contributed by atoms with Crippen LogP contribution in [0.4, 0.5) is 0 Å². The molecule has 1 atom stereocenters. The molecule has 1 saturated heterocycles. The Morgan fingerprint density at radius 2 is 2.29 bits per heavy atom. The van der Waals surface area contributed by atoms with Gasteiger partial charge in [-0.15, -0.1) is 6.58 Å². The van der Waals surface area contributed by atoms with Gasteiger partial charge in [0.15, 0.2) is 0 Å². The molecule has 1 aliphatic heterocycles. The number of rotatable bonds is 5. The quantitative estimate of drug-likeness (QED) is 0.725. The molecule has 1 rings (SSSR count). The van der Waals surface area contributed by atoms with Crippen molar-refractivity contribution in [1.82, 2.24) is 9.62 Å². The summed E-state index contributed by atoms with van der Waals surface area (Å²) in [5.41, 5.74) is 0. The van der Waals surface area contributed by atoms with Gasteiger partial charge in [-0.1, -0.05) is 6.08 Å². The van der Waals surface area contributed by atoms with Crippen molar-refractivity contribution in [1.29, 1.82) is 0 Å². The molecule has 0 bridgehead atoms. The summed E-state index contributed by atoms with van der Waals surface area (Å²) in [6, 6.07) is 0. The Bertz CT molecular complexity index is 378. The average molecular weight is 260 g/mol. The minimum Gasteiger partial charge on any atom is -0.352 e. The number of amides is 1. The van der Waals surface area contributed by atoms with Crippen molar-refractivity contribution in [3.05, 3.63) is 12.7 Å². The van der Waals surface area contributed by atoms with Crippen LogP contribution in [0, 0.1) is 5.92 Å². The number of carbonyl (C=O) groups excluding carboxylic acids is 1. The smallest absolute Gasteiger partial charge is 0.224 e. The van der Waals surface area contributed by atoms with Crippen LogP contribution in [0.15, 0.2) is 12.7 Å². The molecular formula is C11H20N2O3S. The number of hydrogen-bond acceptors (Lipinski definition) is 3. The van der Waals surface area contributed by atoms with Crippen LogP contribution in [-0.4, -0.2) is 44.0 Å². The van der Waals surface area contributed by atoms with E-state index < -0.39 is 10.0 Å². The Kier molecular flexibility index (Phi) is 5.14. The molecule has 98 valence electrons. The van der Waals surface area contributed by atoms with Crippen LogP contribution in [0.25, 0.3) is 0 Å². The maximum atomic E-state index is 11.7. The zero-order chi connectivity index (χ0) is 12.9. The highest BCUT2D eigenvalue weighted by Gasteiger charge is 2.30. The van der Waals surface area contributed by atoms with E-state index in [0.717, 1.165) is 12.8 Å². The lowest BCUT2D eigenvalue weighted by molar-refractivity contribution is -0.125. The van der Waals surface area contributed by atoms with E-state index in [-0.39, 0.29) is 17.6 Å². The van der Waals surface area contributed by atoms with Gasteiger partial charge < -0.3 is 5.32 Å². The summed E-state index contributed by atoms with van der Waals surface area (Å²) in [6.07, 6.45) is 3.10. The van der Waals surface area contributed by atoms with Gasteiger partial charge in [0.05, 0.1) is 11.7 Å². The molecule has 17 heavy (non-hydrogen) atoms. The topological polar surface area (TPSA) is 66.5 Å². The lowest BCUT2D eigenvalue weighted by atomic mass is 9.99. The molecule has 0 aromatic rings. The molecule has 0 aliphatic carbocycles. The molecule has 0 unspecified atom stereocenters. The third-order valence-corrected chi connectivity index (χ3v) is 4.78. The van der Waals surface area contributed by atoms with Gasteiger partial charge >= 0.3 is 0 Å². The zero-order valence-corrected chi connectivity index (χ0v) is 11.0. The second-order valence-electron chi connectivity index (χ2n) is 4.13. The Morgan fingerprint density at radius 1 is 1.59 bits per heavy atom. The third kappa shape index (κ3) is 3.81. The van der Waals surface area contributed by atoms with E-state index in [1.54, 1.807) is 13.0 Å². The summed E-state index contributed by atoms with van der Waals surface area (Å²) in [5.74, 6) is -0.223. The van der Waals surface area contributed by atoms with Gasteiger partial charge in [0.25, 0.3) is 0 Å². The van der Waals surface area contributed by atoms with Crippen LogP contribution >= 0.6 is 0 Å². The molecule has 1 fully saturated rings. The van der Waals surface area contributed by atoms with Crippen LogP contribution < -0.4 is 5.32 Å². The fourth-order valence-electron chi connectivity index (χ4n) is 1.91. The first-order valence-electron chi connectivity index (χ1n) is 5.87. The van der Waals surface area contributed by atoms with E-state index in [9.17, 15) is 13.2 Å². The van der Waals surface area contributed by atoms with E-state index in [0.29, 0.717) is 19.6 Å². The number of sulfonamides is 1. The summed E-state index contributed by atoms with van der Waals surface area (Å²) in [7, 11) is -3.18. The number of carbonyl (C=O) groups is 1. The molecule has 1 heterocycles. The Morgan fingerprint density at radius 3 is 2.88 bits per heavy atom. The SMILES string of the molecule is C=CCNC(=O)[C@@H]1CCCN(S(=O)(=O)CC)C1. The van der Waals surface area contributed by atoms with Crippen molar-refractivity contribution in [2.24, 2.45) is 5.92 Å². The number of hydrogen-bond donors (Lipinski definition) is 1. The van der Waals surface area contributed by atoms with Crippen molar-refractivity contribution >= 4 is 15.9 Å². The normalized spacial score (nSPS) is 22.1. The fraction of sp³-hybridized carbons (Fsp3) is 0.727. The zero-order valence-electron chi connectivity index (χ0n) is 10.2. The molecule has 5 nitrogen and oxygen atoms in total. The lowest BCUT2D eigenvalue weighted by Gasteiger charge is -2.30. The third-order valence-electron chi connectivity index (χ3n) is 2.93. The van der Waals surface area contributed by atoms with Crippen LogP contribution in [0.2, 0.25) is 0 Å². The summed E-state index contributed by atoms with van der Waals surface area (Å²) >= 11 is 0. The first-order chi connectivity index (χ1) is 8.01.